The van der Waals surface area contributed by atoms with Crippen LogP contribution in [0.3, 0.4) is 0 Å². The van der Waals surface area contributed by atoms with Gasteiger partial charge < -0.3 is 4.74 Å². The molecule has 0 aliphatic carbocycles. The molecule has 0 saturated carbocycles. The molecular weight excluding hydrogens is 624 g/mol. The SMILES string of the molecule is CC1CCN(S(=O)(=O)c2ccc(C(=O)N(CCCN3CCOCC3)c3nc4ccc(Br)cc4s3)cc2)CC1.Cl. The summed E-state index contributed by atoms with van der Waals surface area (Å²) in [6, 6.07) is 12.3. The fourth-order valence-electron chi connectivity index (χ4n) is 4.86. The minimum absolute atomic E-state index is 0. The Balaban J connectivity index is 0.00000353. The summed E-state index contributed by atoms with van der Waals surface area (Å²) in [6.45, 7) is 7.88. The third-order valence-corrected chi connectivity index (χ3v) is 10.7. The molecule has 5 rings (SSSR count). The van der Waals surface area contributed by atoms with Gasteiger partial charge in [0.2, 0.25) is 10.0 Å². The van der Waals surface area contributed by atoms with Crippen LogP contribution >= 0.6 is 39.7 Å². The number of anilines is 1. The van der Waals surface area contributed by atoms with Gasteiger partial charge in [0.1, 0.15) is 0 Å². The van der Waals surface area contributed by atoms with Gasteiger partial charge in [-0.2, -0.15) is 4.31 Å². The van der Waals surface area contributed by atoms with E-state index in [0.717, 1.165) is 66.8 Å². The second kappa shape index (κ2) is 13.4. The molecule has 0 radical (unpaired) electrons. The molecule has 2 aliphatic rings. The predicted octanol–water partition coefficient (Wildman–Crippen LogP) is 5.27. The number of halogens is 2. The number of thiazole rings is 1. The van der Waals surface area contributed by atoms with E-state index in [1.165, 1.54) is 11.3 Å². The van der Waals surface area contributed by atoms with Gasteiger partial charge >= 0.3 is 0 Å². The Labute approximate surface area is 248 Å². The lowest BCUT2D eigenvalue weighted by Gasteiger charge is -2.29. The number of sulfonamides is 1. The molecule has 3 heterocycles. The van der Waals surface area contributed by atoms with Crippen LogP contribution < -0.4 is 4.90 Å². The average molecular weight is 658 g/mol. The standard InChI is InChI=1S/C27H33BrN4O4S2.ClH/c1-20-9-13-31(14-10-20)38(34,35)23-6-3-21(4-7-23)26(33)32(12-2-11-30-15-17-36-18-16-30)27-29-24-8-5-22(28)19-25(24)37-27;/h3-8,19-20H,2,9-18H2,1H3;1H. The van der Waals surface area contributed by atoms with Crippen molar-refractivity contribution in [3.05, 3.63) is 52.5 Å². The smallest absolute Gasteiger partial charge is 0.260 e. The Morgan fingerprint density at radius 3 is 2.49 bits per heavy atom. The summed E-state index contributed by atoms with van der Waals surface area (Å²) in [6.07, 6.45) is 2.53. The van der Waals surface area contributed by atoms with Crippen molar-refractivity contribution >= 4 is 71.0 Å². The van der Waals surface area contributed by atoms with Gasteiger partial charge in [0.15, 0.2) is 5.13 Å². The van der Waals surface area contributed by atoms with Crippen molar-refractivity contribution in [2.45, 2.75) is 31.1 Å². The zero-order valence-electron chi connectivity index (χ0n) is 21.9. The van der Waals surface area contributed by atoms with E-state index >= 15 is 0 Å². The van der Waals surface area contributed by atoms with Crippen molar-refractivity contribution in [2.75, 3.05) is 57.4 Å². The maximum Gasteiger partial charge on any atom is 0.260 e. The first-order valence-corrected chi connectivity index (χ1v) is 16.1. The van der Waals surface area contributed by atoms with Crippen LogP contribution in [0.4, 0.5) is 5.13 Å². The molecule has 0 N–H and O–H groups in total. The van der Waals surface area contributed by atoms with Crippen LogP contribution in [0.5, 0.6) is 0 Å². The number of morpholine rings is 1. The molecule has 2 fully saturated rings. The van der Waals surface area contributed by atoms with Crippen LogP contribution in [0.15, 0.2) is 51.8 Å². The number of fused-ring (bicyclic) bond motifs is 1. The maximum atomic E-state index is 13.8. The van der Waals surface area contributed by atoms with Gasteiger partial charge in [-0.25, -0.2) is 13.4 Å². The summed E-state index contributed by atoms with van der Waals surface area (Å²) in [4.78, 5) is 22.8. The Hall–Kier alpha value is -1.60. The number of benzene rings is 2. The zero-order valence-corrected chi connectivity index (χ0v) is 26.0. The first kappa shape index (κ1) is 30.4. The van der Waals surface area contributed by atoms with Gasteiger partial charge in [-0.3, -0.25) is 14.6 Å². The van der Waals surface area contributed by atoms with E-state index in [4.69, 9.17) is 9.72 Å². The predicted molar refractivity (Wildman–Crippen MR) is 162 cm³/mol. The third kappa shape index (κ3) is 7.19. The number of hydrogen-bond acceptors (Lipinski definition) is 7. The summed E-state index contributed by atoms with van der Waals surface area (Å²) in [7, 11) is -3.57. The molecule has 2 aliphatic heterocycles. The van der Waals surface area contributed by atoms with Crippen LogP contribution in [0.25, 0.3) is 10.2 Å². The highest BCUT2D eigenvalue weighted by atomic mass is 79.9. The first-order valence-electron chi connectivity index (χ1n) is 13.1. The molecule has 2 aromatic carbocycles. The third-order valence-electron chi connectivity index (χ3n) is 7.26. The number of aromatic nitrogens is 1. The van der Waals surface area contributed by atoms with Crippen LogP contribution in [-0.2, 0) is 14.8 Å². The summed E-state index contributed by atoms with van der Waals surface area (Å²) in [5.41, 5.74) is 1.29. The van der Waals surface area contributed by atoms with E-state index in [1.807, 2.05) is 18.2 Å². The van der Waals surface area contributed by atoms with Crippen molar-refractivity contribution in [1.82, 2.24) is 14.2 Å². The van der Waals surface area contributed by atoms with Crippen LogP contribution in [-0.4, -0.2) is 81.0 Å². The second-order valence-corrected chi connectivity index (χ2v) is 13.8. The molecule has 2 saturated heterocycles. The molecular formula is C27H34BrClN4O4S2. The van der Waals surface area contributed by atoms with Crippen molar-refractivity contribution in [3.8, 4) is 0 Å². The van der Waals surface area contributed by atoms with Gasteiger partial charge in [0.25, 0.3) is 5.91 Å². The van der Waals surface area contributed by atoms with Crippen molar-refractivity contribution in [2.24, 2.45) is 5.92 Å². The molecule has 0 atom stereocenters. The number of hydrogen-bond donors (Lipinski definition) is 0. The van der Waals surface area contributed by atoms with Gasteiger partial charge in [-0.15, -0.1) is 12.4 Å². The lowest BCUT2D eigenvalue weighted by molar-refractivity contribution is 0.0376. The Kier molecular flexibility index (Phi) is 10.4. The molecule has 39 heavy (non-hydrogen) atoms. The molecule has 1 aromatic heterocycles. The second-order valence-electron chi connectivity index (χ2n) is 9.98. The van der Waals surface area contributed by atoms with E-state index in [0.29, 0.717) is 36.2 Å². The molecule has 1 amide bonds. The lowest BCUT2D eigenvalue weighted by Crippen LogP contribution is -2.39. The number of carbonyl (C=O) groups is 1. The molecule has 12 heteroatoms. The van der Waals surface area contributed by atoms with Gasteiger partial charge in [0, 0.05) is 49.3 Å². The normalized spacial score (nSPS) is 17.7. The van der Waals surface area contributed by atoms with E-state index < -0.39 is 10.0 Å². The van der Waals surface area contributed by atoms with Gasteiger partial charge in [0.05, 0.1) is 28.3 Å². The largest absolute Gasteiger partial charge is 0.379 e. The van der Waals surface area contributed by atoms with E-state index in [-0.39, 0.29) is 23.2 Å². The Bertz CT molecular complexity index is 1370. The van der Waals surface area contributed by atoms with Crippen LogP contribution in [0.2, 0.25) is 0 Å². The van der Waals surface area contributed by atoms with E-state index in [2.05, 4.69) is 27.8 Å². The molecule has 8 nitrogen and oxygen atoms in total. The van der Waals surface area contributed by atoms with E-state index in [9.17, 15) is 13.2 Å². The quantitative estimate of drug-likeness (QED) is 0.328. The monoisotopic (exact) mass is 656 g/mol. The average Bonchev–Trinajstić information content (AvgIpc) is 3.34. The highest BCUT2D eigenvalue weighted by Gasteiger charge is 2.29. The summed E-state index contributed by atoms with van der Waals surface area (Å²) in [5.74, 6) is 0.361. The zero-order chi connectivity index (χ0) is 26.7. The summed E-state index contributed by atoms with van der Waals surface area (Å²) < 4.78 is 35.3. The Morgan fingerprint density at radius 1 is 1.10 bits per heavy atom. The Morgan fingerprint density at radius 2 is 1.79 bits per heavy atom. The maximum absolute atomic E-state index is 13.8. The van der Waals surface area contributed by atoms with Crippen molar-refractivity contribution in [1.29, 1.82) is 0 Å². The number of piperidine rings is 1. The summed E-state index contributed by atoms with van der Waals surface area (Å²) in [5, 5.41) is 0.643. The van der Waals surface area contributed by atoms with Gasteiger partial charge in [-0.1, -0.05) is 34.2 Å². The fraction of sp³-hybridized carbons (Fsp3) is 0.481. The fourth-order valence-corrected chi connectivity index (χ4v) is 7.87. The first-order chi connectivity index (χ1) is 18.3. The van der Waals surface area contributed by atoms with Crippen molar-refractivity contribution in [3.63, 3.8) is 0 Å². The molecule has 0 bridgehead atoms. The highest BCUT2D eigenvalue weighted by Crippen LogP contribution is 2.32. The lowest BCUT2D eigenvalue weighted by atomic mass is 10.0. The number of rotatable bonds is 8. The summed E-state index contributed by atoms with van der Waals surface area (Å²) >= 11 is 5.00. The molecule has 212 valence electrons. The number of carbonyl (C=O) groups excluding carboxylic acids is 1. The molecule has 3 aromatic rings. The minimum Gasteiger partial charge on any atom is -0.379 e. The molecule has 0 spiro atoms. The number of amides is 1. The number of nitrogens with zero attached hydrogens (tertiary/aromatic N) is 4. The topological polar surface area (TPSA) is 83.1 Å². The van der Waals surface area contributed by atoms with Gasteiger partial charge in [-0.05, 0) is 67.6 Å². The number of ether oxygens (including phenoxy) is 1. The molecule has 0 unspecified atom stereocenters. The van der Waals surface area contributed by atoms with Crippen molar-refractivity contribution < 1.29 is 17.9 Å². The highest BCUT2D eigenvalue weighted by molar-refractivity contribution is 9.10. The minimum atomic E-state index is -3.57. The van der Waals surface area contributed by atoms with Crippen LogP contribution in [0.1, 0.15) is 36.5 Å². The van der Waals surface area contributed by atoms with Crippen LogP contribution in [0, 0.1) is 5.92 Å². The van der Waals surface area contributed by atoms with E-state index in [1.54, 1.807) is 33.5 Å².